The second kappa shape index (κ2) is 11.8. The number of aliphatic hydroxyl groups excluding tert-OH is 1. The number of aliphatic carboxylic acids is 1. The minimum atomic E-state index is -0.781. The van der Waals surface area contributed by atoms with E-state index in [1.807, 2.05) is 18.2 Å². The number of carboxylic acid groups (broad SMARTS) is 1. The summed E-state index contributed by atoms with van der Waals surface area (Å²) >= 11 is 0. The smallest absolute Gasteiger partial charge is 0.303 e. The summed E-state index contributed by atoms with van der Waals surface area (Å²) in [5.41, 5.74) is 0. The van der Waals surface area contributed by atoms with Crippen molar-refractivity contribution in [3.8, 4) is 0 Å². The quantitative estimate of drug-likeness (QED) is 0.441. The normalized spacial score (nSPS) is 24.8. The summed E-state index contributed by atoms with van der Waals surface area (Å²) in [5.74, 6) is -0.913. The van der Waals surface area contributed by atoms with Gasteiger partial charge in [0.15, 0.2) is 0 Å². The van der Waals surface area contributed by atoms with Crippen LogP contribution in [0.15, 0.2) is 36.5 Å². The van der Waals surface area contributed by atoms with Gasteiger partial charge in [0.1, 0.15) is 5.78 Å². The Morgan fingerprint density at radius 2 is 1.83 bits per heavy atom. The van der Waals surface area contributed by atoms with Crippen LogP contribution in [0.4, 0.5) is 0 Å². The number of carbonyl (C=O) groups excluding carboxylic acids is 1. The molecular weight excluding hydrogens is 304 g/mol. The second-order valence-electron chi connectivity index (χ2n) is 6.30. The fraction of sp³-hybridized carbons (Fsp3) is 0.600. The lowest BCUT2D eigenvalue weighted by Gasteiger charge is -2.15. The van der Waals surface area contributed by atoms with Crippen LogP contribution in [0.25, 0.3) is 0 Å². The maximum absolute atomic E-state index is 12.1. The van der Waals surface area contributed by atoms with Crippen molar-refractivity contribution >= 4 is 11.8 Å². The van der Waals surface area contributed by atoms with E-state index in [-0.39, 0.29) is 30.5 Å². The van der Waals surface area contributed by atoms with Gasteiger partial charge in [-0.05, 0) is 38.5 Å². The van der Waals surface area contributed by atoms with Gasteiger partial charge >= 0.3 is 5.97 Å². The van der Waals surface area contributed by atoms with E-state index in [0.29, 0.717) is 19.3 Å². The summed E-state index contributed by atoms with van der Waals surface area (Å²) in [6.45, 7) is 2.10. The first-order chi connectivity index (χ1) is 11.6. The van der Waals surface area contributed by atoms with Gasteiger partial charge in [0.05, 0.1) is 6.10 Å². The van der Waals surface area contributed by atoms with Crippen LogP contribution < -0.4 is 0 Å². The Balaban J connectivity index is 2.43. The van der Waals surface area contributed by atoms with Gasteiger partial charge in [-0.25, -0.2) is 0 Å². The van der Waals surface area contributed by atoms with Crippen molar-refractivity contribution in [2.75, 3.05) is 0 Å². The standard InChI is InChI=1S/C20H30O4/c1-2-3-4-5-6-9-12-16-17(19(22)15-18(16)21)13-10-7-8-11-14-20(23)24/h3-4,7,9-10,12,16-18,21H,2,5-6,8,11,13-15H2,1H3,(H,23,24)/b4-3-,10-7-,12-9+/t16-,17?,18-/m1/s1. The van der Waals surface area contributed by atoms with Gasteiger partial charge in [-0.2, -0.15) is 0 Å². The lowest BCUT2D eigenvalue weighted by molar-refractivity contribution is -0.137. The fourth-order valence-electron chi connectivity index (χ4n) is 2.99. The summed E-state index contributed by atoms with van der Waals surface area (Å²) in [6.07, 6.45) is 17.0. The molecule has 0 aromatic rings. The highest BCUT2D eigenvalue weighted by Crippen LogP contribution is 2.33. The minimum Gasteiger partial charge on any atom is -0.481 e. The third kappa shape index (κ3) is 7.73. The first-order valence-electron chi connectivity index (χ1n) is 8.95. The molecular formula is C20H30O4. The molecule has 0 aromatic heterocycles. The number of unbranched alkanes of at least 4 members (excludes halogenated alkanes) is 2. The lowest BCUT2D eigenvalue weighted by atomic mass is 9.90. The molecule has 1 aliphatic rings. The third-order valence-electron chi connectivity index (χ3n) is 4.31. The van der Waals surface area contributed by atoms with Gasteiger partial charge < -0.3 is 10.2 Å². The molecule has 0 radical (unpaired) electrons. The molecule has 0 bridgehead atoms. The number of hydrogen-bond acceptors (Lipinski definition) is 3. The van der Waals surface area contributed by atoms with Gasteiger partial charge in [-0.1, -0.05) is 43.4 Å². The molecule has 0 amide bonds. The van der Waals surface area contributed by atoms with E-state index in [0.717, 1.165) is 19.3 Å². The number of carboxylic acids is 1. The summed E-state index contributed by atoms with van der Waals surface area (Å²) in [4.78, 5) is 22.5. The molecule has 0 aliphatic heterocycles. The van der Waals surface area contributed by atoms with Crippen molar-refractivity contribution < 1.29 is 19.8 Å². The molecule has 0 spiro atoms. The van der Waals surface area contributed by atoms with Crippen LogP contribution in [0, 0.1) is 11.8 Å². The van der Waals surface area contributed by atoms with Crippen molar-refractivity contribution in [3.63, 3.8) is 0 Å². The van der Waals surface area contributed by atoms with Crippen LogP contribution in [0.3, 0.4) is 0 Å². The Bertz CT molecular complexity index is 476. The van der Waals surface area contributed by atoms with Gasteiger partial charge in [0.2, 0.25) is 0 Å². The monoisotopic (exact) mass is 334 g/mol. The van der Waals surface area contributed by atoms with Crippen molar-refractivity contribution in [1.82, 2.24) is 0 Å². The molecule has 0 heterocycles. The van der Waals surface area contributed by atoms with Gasteiger partial charge in [-0.15, -0.1) is 0 Å². The van der Waals surface area contributed by atoms with Gasteiger partial charge in [0, 0.05) is 24.7 Å². The molecule has 2 N–H and O–H groups in total. The largest absolute Gasteiger partial charge is 0.481 e. The van der Waals surface area contributed by atoms with Crippen molar-refractivity contribution in [2.45, 2.75) is 64.4 Å². The molecule has 1 fully saturated rings. The zero-order chi connectivity index (χ0) is 17.8. The summed E-state index contributed by atoms with van der Waals surface area (Å²) in [6, 6.07) is 0. The molecule has 1 rings (SSSR count). The minimum absolute atomic E-state index is 0.101. The van der Waals surface area contributed by atoms with Gasteiger partial charge in [-0.3, -0.25) is 9.59 Å². The first kappa shape index (κ1) is 20.4. The highest BCUT2D eigenvalue weighted by atomic mass is 16.4. The lowest BCUT2D eigenvalue weighted by Crippen LogP contribution is -2.17. The molecule has 4 heteroatoms. The average Bonchev–Trinajstić information content (AvgIpc) is 2.80. The number of allylic oxidation sites excluding steroid dienone is 5. The molecule has 134 valence electrons. The molecule has 0 aromatic carbocycles. The highest BCUT2D eigenvalue weighted by Gasteiger charge is 2.38. The Kier molecular flexibility index (Phi) is 10.0. The van der Waals surface area contributed by atoms with Crippen molar-refractivity contribution in [1.29, 1.82) is 0 Å². The average molecular weight is 334 g/mol. The number of ketones is 1. The number of Topliss-reactive ketones (excluding diaryl/α,β-unsaturated/α-hetero) is 1. The van der Waals surface area contributed by atoms with Gasteiger partial charge in [0.25, 0.3) is 0 Å². The van der Waals surface area contributed by atoms with E-state index >= 15 is 0 Å². The van der Waals surface area contributed by atoms with Crippen molar-refractivity contribution in [2.24, 2.45) is 11.8 Å². The summed E-state index contributed by atoms with van der Waals surface area (Å²) in [7, 11) is 0. The fourth-order valence-corrected chi connectivity index (χ4v) is 2.99. The predicted molar refractivity (Wildman–Crippen MR) is 95.7 cm³/mol. The van der Waals surface area contributed by atoms with E-state index in [1.165, 1.54) is 0 Å². The van der Waals surface area contributed by atoms with Crippen molar-refractivity contribution in [3.05, 3.63) is 36.5 Å². The Labute approximate surface area is 145 Å². The van der Waals surface area contributed by atoms with Crippen LogP contribution in [-0.2, 0) is 9.59 Å². The third-order valence-corrected chi connectivity index (χ3v) is 4.31. The second-order valence-corrected chi connectivity index (χ2v) is 6.30. The van der Waals surface area contributed by atoms with E-state index in [9.17, 15) is 14.7 Å². The number of carbonyl (C=O) groups is 2. The molecule has 1 saturated carbocycles. The molecule has 3 atom stereocenters. The topological polar surface area (TPSA) is 74.6 Å². The Morgan fingerprint density at radius 3 is 2.54 bits per heavy atom. The number of rotatable bonds is 11. The Hall–Kier alpha value is -1.68. The van der Waals surface area contributed by atoms with E-state index in [1.54, 1.807) is 0 Å². The zero-order valence-corrected chi connectivity index (χ0v) is 14.6. The first-order valence-corrected chi connectivity index (χ1v) is 8.95. The van der Waals surface area contributed by atoms with Crippen LogP contribution in [0.5, 0.6) is 0 Å². The summed E-state index contributed by atoms with van der Waals surface area (Å²) in [5, 5.41) is 18.7. The zero-order valence-electron chi connectivity index (χ0n) is 14.6. The number of hydrogen-bond donors (Lipinski definition) is 2. The van der Waals surface area contributed by atoms with Crippen LogP contribution in [0.2, 0.25) is 0 Å². The van der Waals surface area contributed by atoms with Crippen LogP contribution >= 0.6 is 0 Å². The van der Waals surface area contributed by atoms with E-state index in [4.69, 9.17) is 5.11 Å². The molecule has 24 heavy (non-hydrogen) atoms. The molecule has 4 nitrogen and oxygen atoms in total. The Morgan fingerprint density at radius 1 is 1.12 bits per heavy atom. The molecule has 1 unspecified atom stereocenters. The van der Waals surface area contributed by atoms with E-state index < -0.39 is 12.1 Å². The molecule has 0 saturated heterocycles. The highest BCUT2D eigenvalue weighted by molar-refractivity contribution is 5.84. The SMILES string of the molecule is CC/C=C\CC/C=C/[C@@H]1C(C/C=C\CCCC(=O)O)C(=O)C[C@H]1O. The van der Waals surface area contributed by atoms with Crippen LogP contribution in [0.1, 0.15) is 58.3 Å². The van der Waals surface area contributed by atoms with E-state index in [2.05, 4.69) is 25.2 Å². The summed E-state index contributed by atoms with van der Waals surface area (Å²) < 4.78 is 0. The maximum Gasteiger partial charge on any atom is 0.303 e. The predicted octanol–water partition coefficient (Wildman–Crippen LogP) is 4.06. The number of aliphatic hydroxyl groups is 1. The van der Waals surface area contributed by atoms with Crippen LogP contribution in [-0.4, -0.2) is 28.1 Å². The molecule has 1 aliphatic carbocycles. The maximum atomic E-state index is 12.1.